The number of benzene rings is 2. The van der Waals surface area contributed by atoms with E-state index < -0.39 is 31.9 Å². The smallest absolute Gasteiger partial charge is 0.419 e. The van der Waals surface area contributed by atoms with Crippen LogP contribution in [0.4, 0.5) is 24.9 Å². The van der Waals surface area contributed by atoms with E-state index in [-0.39, 0.29) is 28.5 Å². The molecule has 0 bridgehead atoms. The van der Waals surface area contributed by atoms with Gasteiger partial charge in [0.15, 0.2) is 15.6 Å². The zero-order chi connectivity index (χ0) is 36.3. The van der Waals surface area contributed by atoms with E-state index in [1.54, 1.807) is 43.8 Å². The Morgan fingerprint density at radius 3 is 2.20 bits per heavy atom. The second-order valence-corrected chi connectivity index (χ2v) is 14.5. The van der Waals surface area contributed by atoms with Crippen LogP contribution in [-0.2, 0) is 47.0 Å². The van der Waals surface area contributed by atoms with Crippen LogP contribution in [0.5, 0.6) is 5.75 Å². The van der Waals surface area contributed by atoms with Crippen molar-refractivity contribution in [3.8, 4) is 5.75 Å². The minimum atomic E-state index is -4.47. The molecule has 2 aromatic carbocycles. The van der Waals surface area contributed by atoms with Crippen LogP contribution in [0.2, 0.25) is 0 Å². The topological polar surface area (TPSA) is 187 Å². The van der Waals surface area contributed by atoms with Crippen LogP contribution in [0.1, 0.15) is 30.9 Å². The number of sulfonamides is 1. The van der Waals surface area contributed by atoms with Crippen molar-refractivity contribution in [2.75, 3.05) is 29.7 Å². The van der Waals surface area contributed by atoms with Gasteiger partial charge >= 0.3 is 16.3 Å². The lowest BCUT2D eigenvalue weighted by atomic mass is 10.0. The summed E-state index contributed by atoms with van der Waals surface area (Å²) >= 11 is 0. The molecule has 0 saturated carbocycles. The molecule has 0 unspecified atom stereocenters. The van der Waals surface area contributed by atoms with Gasteiger partial charge in [0.05, 0.1) is 30.5 Å². The molecule has 6 rings (SSSR count). The largest absolute Gasteiger partial charge is 0.493 e. The van der Waals surface area contributed by atoms with E-state index in [9.17, 15) is 30.0 Å². The zero-order valence-corrected chi connectivity index (χ0v) is 28.8. The lowest BCUT2D eigenvalue weighted by Gasteiger charge is -2.32. The molecule has 1 fully saturated rings. The van der Waals surface area contributed by atoms with E-state index in [2.05, 4.69) is 29.9 Å². The monoisotopic (exact) mass is 740 g/mol. The van der Waals surface area contributed by atoms with Crippen LogP contribution in [0.15, 0.2) is 75.9 Å². The maximum Gasteiger partial charge on any atom is 0.419 e. The third-order valence-electron chi connectivity index (χ3n) is 7.51. The molecule has 1 saturated heterocycles. The van der Waals surface area contributed by atoms with E-state index in [4.69, 9.17) is 13.7 Å². The summed E-state index contributed by atoms with van der Waals surface area (Å²) in [6, 6.07) is 9.31. The summed E-state index contributed by atoms with van der Waals surface area (Å²) in [6.45, 7) is 3.81. The van der Waals surface area contributed by atoms with Gasteiger partial charge in [-0.25, -0.2) is 9.97 Å². The fourth-order valence-electron chi connectivity index (χ4n) is 5.15. The molecule has 50 heavy (non-hydrogen) atoms. The van der Waals surface area contributed by atoms with Crippen molar-refractivity contribution in [2.24, 2.45) is 14.1 Å². The summed E-state index contributed by atoms with van der Waals surface area (Å²) in [7, 11) is -4.65. The van der Waals surface area contributed by atoms with Crippen LogP contribution in [-0.4, -0.2) is 76.1 Å². The molecular weight excluding hydrogens is 706 g/mol. The number of fused-ring (bicyclic) bond motifs is 1. The van der Waals surface area contributed by atoms with Gasteiger partial charge in [0.1, 0.15) is 11.3 Å². The summed E-state index contributed by atoms with van der Waals surface area (Å²) < 4.78 is 110. The average molecular weight is 741 g/mol. The molecule has 0 radical (unpaired) electrons. The number of rotatable bonds is 10. The van der Waals surface area contributed by atoms with Crippen LogP contribution in [0.25, 0.3) is 11.1 Å². The molecule has 270 valence electrons. The normalized spacial score (nSPS) is 14.7. The number of aryl methyl sites for hydroxylation is 2. The Hall–Kier alpha value is -4.66. The number of oxazole rings is 1. The van der Waals surface area contributed by atoms with Gasteiger partial charge in [0.2, 0.25) is 0 Å². The lowest BCUT2D eigenvalue weighted by Crippen LogP contribution is -2.38. The third-order valence-corrected chi connectivity index (χ3v) is 9.52. The first-order chi connectivity index (χ1) is 23.5. The van der Waals surface area contributed by atoms with E-state index in [1.807, 2.05) is 0 Å². The van der Waals surface area contributed by atoms with Gasteiger partial charge in [-0.05, 0) is 55.7 Å². The number of hydrogen-bond donors (Lipinski definition) is 3. The predicted octanol–water partition coefficient (Wildman–Crippen LogP) is 4.52. The van der Waals surface area contributed by atoms with E-state index >= 15 is 0 Å². The second-order valence-electron chi connectivity index (χ2n) is 11.5. The van der Waals surface area contributed by atoms with Crippen LogP contribution < -0.4 is 14.8 Å². The Morgan fingerprint density at radius 1 is 0.980 bits per heavy atom. The van der Waals surface area contributed by atoms with Crippen LogP contribution in [0.3, 0.4) is 0 Å². The minimum absolute atomic E-state index is 0.0861. The molecule has 0 aliphatic carbocycles. The van der Waals surface area contributed by atoms with Gasteiger partial charge in [-0.2, -0.15) is 35.0 Å². The SMILES string of the molecule is CCOc1cc(CN2CCC(Nc3nc4cc(NS(=O)(=O)c5cn(C)cn5)ccc4o3)CC2)ccc1C(F)(F)F.Cn1cnc(S(=O)(=O)O)c1. The summed E-state index contributed by atoms with van der Waals surface area (Å²) in [5.74, 6) is -0.146. The average Bonchev–Trinajstić information content (AvgIpc) is 3.77. The lowest BCUT2D eigenvalue weighted by molar-refractivity contribution is -0.138. The molecule has 1 aliphatic rings. The molecule has 0 spiro atoms. The van der Waals surface area contributed by atoms with E-state index in [0.717, 1.165) is 37.6 Å². The fraction of sp³-hybridized carbons (Fsp3) is 0.367. The second kappa shape index (κ2) is 14.7. The Labute approximate surface area is 285 Å². The highest BCUT2D eigenvalue weighted by Gasteiger charge is 2.34. The number of ether oxygens (including phenoxy) is 1. The molecular formula is C30H35F3N8O7S2. The number of halogens is 3. The van der Waals surface area contributed by atoms with Crippen LogP contribution >= 0.6 is 0 Å². The number of likely N-dealkylation sites (tertiary alicyclic amines) is 1. The number of alkyl halides is 3. The van der Waals surface area contributed by atoms with Crippen molar-refractivity contribution in [3.63, 3.8) is 0 Å². The van der Waals surface area contributed by atoms with Crippen molar-refractivity contribution >= 4 is 42.9 Å². The third kappa shape index (κ3) is 9.31. The van der Waals surface area contributed by atoms with E-state index in [1.165, 1.54) is 41.7 Å². The first-order valence-electron chi connectivity index (χ1n) is 15.2. The van der Waals surface area contributed by atoms with Crippen molar-refractivity contribution in [1.82, 2.24) is 29.0 Å². The quantitative estimate of drug-likeness (QED) is 0.170. The molecule has 5 aromatic rings. The highest BCUT2D eigenvalue weighted by Crippen LogP contribution is 2.37. The summed E-state index contributed by atoms with van der Waals surface area (Å²) in [5.41, 5.74) is 1.33. The number of nitrogens with one attached hydrogen (secondary N) is 2. The van der Waals surface area contributed by atoms with Gasteiger partial charge < -0.3 is 23.6 Å². The number of piperidine rings is 1. The minimum Gasteiger partial charge on any atom is -0.493 e. The standard InChI is InChI=1S/C26H29F3N6O4S.C4H6N2O3S/c1-3-38-23-12-17(4-6-20(23)26(27,28)29)14-35-10-8-18(9-11-35)31-25-32-21-13-19(5-7-22(21)39-25)33-40(36,37)24-15-34(2)16-30-24;1-6-2-4(5-3-6)10(7,8)9/h4-7,12-13,15-16,18,33H,3,8-11,14H2,1-2H3,(H,31,32);2-3H,1H3,(H,7,8,9). The molecule has 1 aliphatic heterocycles. The maximum atomic E-state index is 13.3. The molecule has 4 heterocycles. The zero-order valence-electron chi connectivity index (χ0n) is 27.1. The van der Waals surface area contributed by atoms with Crippen molar-refractivity contribution in [2.45, 2.75) is 48.6 Å². The number of imidazole rings is 2. The molecule has 20 heteroatoms. The highest BCUT2D eigenvalue weighted by atomic mass is 32.2. The highest BCUT2D eigenvalue weighted by molar-refractivity contribution is 7.92. The summed E-state index contributed by atoms with van der Waals surface area (Å²) in [6.07, 6.45) is 2.43. The first kappa shape index (κ1) is 36.6. The van der Waals surface area contributed by atoms with Gasteiger partial charge in [0, 0.05) is 52.2 Å². The summed E-state index contributed by atoms with van der Waals surface area (Å²) in [5, 5.41) is 2.89. The Kier molecular flexibility index (Phi) is 10.7. The van der Waals surface area contributed by atoms with E-state index in [0.29, 0.717) is 29.3 Å². The van der Waals surface area contributed by atoms with Crippen molar-refractivity contribution in [3.05, 3.63) is 72.6 Å². The van der Waals surface area contributed by atoms with Gasteiger partial charge in [-0.3, -0.25) is 14.2 Å². The van der Waals surface area contributed by atoms with Gasteiger partial charge in [0.25, 0.3) is 16.0 Å². The Balaban J connectivity index is 0.000000418. The van der Waals surface area contributed by atoms with Crippen molar-refractivity contribution in [1.29, 1.82) is 0 Å². The Bertz CT molecular complexity index is 2160. The molecule has 3 aromatic heterocycles. The Morgan fingerprint density at radius 2 is 1.64 bits per heavy atom. The first-order valence-corrected chi connectivity index (χ1v) is 18.1. The number of nitrogens with zero attached hydrogens (tertiary/aromatic N) is 6. The molecule has 15 nitrogen and oxygen atoms in total. The molecule has 0 atom stereocenters. The van der Waals surface area contributed by atoms with Gasteiger partial charge in [-0.1, -0.05) is 6.07 Å². The predicted molar refractivity (Wildman–Crippen MR) is 176 cm³/mol. The number of anilines is 2. The fourth-order valence-corrected chi connectivity index (χ4v) is 6.66. The van der Waals surface area contributed by atoms with Crippen LogP contribution in [0, 0.1) is 0 Å². The van der Waals surface area contributed by atoms with Gasteiger partial charge in [-0.15, -0.1) is 0 Å². The van der Waals surface area contributed by atoms with Crippen molar-refractivity contribution < 1.29 is 43.7 Å². The summed E-state index contributed by atoms with van der Waals surface area (Å²) in [4.78, 5) is 13.9. The molecule has 0 amide bonds. The number of hydrogen-bond acceptors (Lipinski definition) is 11. The maximum absolute atomic E-state index is 13.3. The number of aromatic nitrogens is 5. The molecule has 3 N–H and O–H groups in total.